The molecule has 0 aromatic carbocycles. The molecular weight excluding hydrogens is 222 g/mol. The molecule has 0 aromatic rings. The quantitative estimate of drug-likeness (QED) is 0.463. The molecule has 6 nitrogen and oxygen atoms in total. The van der Waals surface area contributed by atoms with Gasteiger partial charge < -0.3 is 16.0 Å². The molecule has 96 valence electrons. The summed E-state index contributed by atoms with van der Waals surface area (Å²) in [6.45, 7) is 3.66. The molecule has 0 rings (SSSR count). The molecule has 1 atom stereocenters. The molecule has 0 aliphatic rings. The normalized spacial score (nSPS) is 12.5. The van der Waals surface area contributed by atoms with E-state index in [1.54, 1.807) is 0 Å². The van der Waals surface area contributed by atoms with E-state index < -0.39 is 11.9 Å². The smallest absolute Gasteiger partial charge is 0.247 e. The van der Waals surface area contributed by atoms with Crippen molar-refractivity contribution in [3.63, 3.8) is 0 Å². The van der Waals surface area contributed by atoms with E-state index in [9.17, 15) is 14.4 Å². The van der Waals surface area contributed by atoms with Gasteiger partial charge in [0, 0.05) is 25.7 Å². The SMILES string of the molecule is CC(C)NC(=O)C(CN)N(C)C(=O)/C=C\C=O. The number of aldehydes is 1. The highest BCUT2D eigenvalue weighted by Gasteiger charge is 2.24. The monoisotopic (exact) mass is 241 g/mol. The molecule has 0 saturated heterocycles. The van der Waals surface area contributed by atoms with Gasteiger partial charge in [-0.25, -0.2) is 0 Å². The van der Waals surface area contributed by atoms with Gasteiger partial charge in [0.15, 0.2) is 0 Å². The number of allylic oxidation sites excluding steroid dienone is 1. The van der Waals surface area contributed by atoms with Crippen LogP contribution in [0.5, 0.6) is 0 Å². The Labute approximate surface area is 101 Å². The van der Waals surface area contributed by atoms with Crippen LogP contribution in [-0.4, -0.2) is 48.7 Å². The Morgan fingerprint density at radius 2 is 2.00 bits per heavy atom. The molecule has 0 aromatic heterocycles. The largest absolute Gasteiger partial charge is 0.352 e. The molecular formula is C11H19N3O3. The highest BCUT2D eigenvalue weighted by molar-refractivity contribution is 5.94. The number of hydrogen-bond donors (Lipinski definition) is 2. The summed E-state index contributed by atoms with van der Waals surface area (Å²) in [7, 11) is 1.47. The van der Waals surface area contributed by atoms with Crippen LogP contribution in [0, 0.1) is 0 Å². The van der Waals surface area contributed by atoms with Crippen LogP contribution in [-0.2, 0) is 14.4 Å². The van der Waals surface area contributed by atoms with Crippen molar-refractivity contribution in [3.8, 4) is 0 Å². The lowest BCUT2D eigenvalue weighted by atomic mass is 10.2. The standard InChI is InChI=1S/C11H19N3O3/c1-8(2)13-11(17)9(7-12)14(3)10(16)5-4-6-15/h4-6,8-9H,7,12H2,1-3H3,(H,13,17)/b5-4-. The predicted octanol–water partition coefficient (Wildman–Crippen LogP) is -0.948. The van der Waals surface area contributed by atoms with Crippen molar-refractivity contribution in [2.75, 3.05) is 13.6 Å². The van der Waals surface area contributed by atoms with Gasteiger partial charge in [-0.1, -0.05) is 0 Å². The fraction of sp³-hybridized carbons (Fsp3) is 0.545. The third-order valence-electron chi connectivity index (χ3n) is 2.09. The van der Waals surface area contributed by atoms with Gasteiger partial charge in [0.05, 0.1) is 0 Å². The van der Waals surface area contributed by atoms with Gasteiger partial charge in [-0.2, -0.15) is 0 Å². The summed E-state index contributed by atoms with van der Waals surface area (Å²) < 4.78 is 0. The summed E-state index contributed by atoms with van der Waals surface area (Å²) in [6.07, 6.45) is 2.67. The van der Waals surface area contributed by atoms with E-state index in [1.807, 2.05) is 13.8 Å². The molecule has 0 aliphatic heterocycles. The van der Waals surface area contributed by atoms with E-state index in [0.29, 0.717) is 6.29 Å². The van der Waals surface area contributed by atoms with E-state index in [1.165, 1.54) is 11.9 Å². The minimum Gasteiger partial charge on any atom is -0.352 e. The van der Waals surface area contributed by atoms with Crippen LogP contribution in [0.1, 0.15) is 13.8 Å². The van der Waals surface area contributed by atoms with Crippen LogP contribution in [0.2, 0.25) is 0 Å². The first kappa shape index (κ1) is 15.3. The summed E-state index contributed by atoms with van der Waals surface area (Å²) in [6, 6.07) is -0.758. The lowest BCUT2D eigenvalue weighted by Crippen LogP contribution is -2.52. The topological polar surface area (TPSA) is 92.5 Å². The van der Waals surface area contributed by atoms with E-state index in [4.69, 9.17) is 5.73 Å². The van der Waals surface area contributed by atoms with Gasteiger partial charge in [0.2, 0.25) is 11.8 Å². The zero-order valence-corrected chi connectivity index (χ0v) is 10.3. The van der Waals surface area contributed by atoms with E-state index in [-0.39, 0.29) is 18.5 Å². The van der Waals surface area contributed by atoms with Crippen LogP contribution in [0.3, 0.4) is 0 Å². The van der Waals surface area contributed by atoms with Crippen LogP contribution < -0.4 is 11.1 Å². The van der Waals surface area contributed by atoms with Crippen molar-refractivity contribution in [3.05, 3.63) is 12.2 Å². The van der Waals surface area contributed by atoms with Gasteiger partial charge in [0.25, 0.3) is 0 Å². The first-order chi connectivity index (χ1) is 7.93. The predicted molar refractivity (Wildman–Crippen MR) is 64.1 cm³/mol. The van der Waals surface area contributed by atoms with Crippen LogP contribution in [0.4, 0.5) is 0 Å². The Kier molecular flexibility index (Phi) is 6.81. The molecule has 0 heterocycles. The Morgan fingerprint density at radius 1 is 1.41 bits per heavy atom. The molecule has 0 aliphatic carbocycles. The summed E-state index contributed by atoms with van der Waals surface area (Å²) in [4.78, 5) is 34.6. The van der Waals surface area contributed by atoms with Crippen molar-refractivity contribution in [2.24, 2.45) is 5.73 Å². The summed E-state index contributed by atoms with van der Waals surface area (Å²) in [5.41, 5.74) is 5.47. The minimum absolute atomic E-state index is 0.0226. The van der Waals surface area contributed by atoms with Gasteiger partial charge in [-0.3, -0.25) is 14.4 Å². The summed E-state index contributed by atoms with van der Waals surface area (Å²) in [5.74, 6) is -0.746. The van der Waals surface area contributed by atoms with Crippen molar-refractivity contribution in [2.45, 2.75) is 25.9 Å². The van der Waals surface area contributed by atoms with Crippen molar-refractivity contribution in [1.29, 1.82) is 0 Å². The molecule has 6 heteroatoms. The zero-order chi connectivity index (χ0) is 13.4. The first-order valence-electron chi connectivity index (χ1n) is 5.33. The van der Waals surface area contributed by atoms with E-state index in [2.05, 4.69) is 5.32 Å². The lowest BCUT2D eigenvalue weighted by Gasteiger charge is -2.25. The second-order valence-corrected chi connectivity index (χ2v) is 3.86. The summed E-state index contributed by atoms with van der Waals surface area (Å²) in [5, 5.41) is 2.68. The van der Waals surface area contributed by atoms with Crippen molar-refractivity contribution < 1.29 is 14.4 Å². The van der Waals surface area contributed by atoms with Crippen molar-refractivity contribution in [1.82, 2.24) is 10.2 Å². The molecule has 17 heavy (non-hydrogen) atoms. The second kappa shape index (κ2) is 7.56. The molecule has 0 spiro atoms. The number of nitrogens with zero attached hydrogens (tertiary/aromatic N) is 1. The Bertz CT molecular complexity index is 313. The van der Waals surface area contributed by atoms with Crippen molar-refractivity contribution >= 4 is 18.1 Å². The lowest BCUT2D eigenvalue weighted by molar-refractivity contribution is -0.135. The maximum absolute atomic E-state index is 11.7. The number of nitrogens with one attached hydrogen (secondary N) is 1. The van der Waals surface area contributed by atoms with Crippen LogP contribution >= 0.6 is 0 Å². The molecule has 0 saturated carbocycles. The van der Waals surface area contributed by atoms with Gasteiger partial charge in [-0.05, 0) is 19.9 Å². The second-order valence-electron chi connectivity index (χ2n) is 3.86. The highest BCUT2D eigenvalue weighted by Crippen LogP contribution is 1.98. The Morgan fingerprint density at radius 3 is 2.41 bits per heavy atom. The average Bonchev–Trinajstić information content (AvgIpc) is 2.25. The van der Waals surface area contributed by atoms with Gasteiger partial charge in [0.1, 0.15) is 12.3 Å². The van der Waals surface area contributed by atoms with Gasteiger partial charge in [-0.15, -0.1) is 0 Å². The number of likely N-dealkylation sites (N-methyl/N-ethyl adjacent to an activating group) is 1. The zero-order valence-electron chi connectivity index (χ0n) is 10.3. The average molecular weight is 241 g/mol. The summed E-state index contributed by atoms with van der Waals surface area (Å²) >= 11 is 0. The van der Waals surface area contributed by atoms with Crippen LogP contribution in [0.15, 0.2) is 12.2 Å². The van der Waals surface area contributed by atoms with Gasteiger partial charge >= 0.3 is 0 Å². The third kappa shape index (κ3) is 5.26. The maximum Gasteiger partial charge on any atom is 0.247 e. The number of carbonyl (C=O) groups excluding carboxylic acids is 3. The first-order valence-corrected chi connectivity index (χ1v) is 5.33. The van der Waals surface area contributed by atoms with E-state index in [0.717, 1.165) is 12.2 Å². The number of rotatable bonds is 6. The number of carbonyl (C=O) groups is 3. The third-order valence-corrected chi connectivity index (χ3v) is 2.09. The maximum atomic E-state index is 11.7. The highest BCUT2D eigenvalue weighted by atomic mass is 16.2. The molecule has 0 bridgehead atoms. The van der Waals surface area contributed by atoms with E-state index >= 15 is 0 Å². The fourth-order valence-corrected chi connectivity index (χ4v) is 1.21. The van der Waals surface area contributed by atoms with Crippen LogP contribution in [0.25, 0.3) is 0 Å². The molecule has 0 radical (unpaired) electrons. The number of amides is 2. The Hall–Kier alpha value is -1.69. The Balaban J connectivity index is 4.64. The number of hydrogen-bond acceptors (Lipinski definition) is 4. The molecule has 3 N–H and O–H groups in total. The fourth-order valence-electron chi connectivity index (χ4n) is 1.21. The molecule has 1 unspecified atom stereocenters. The molecule has 0 fully saturated rings. The number of nitrogens with two attached hydrogens (primary N) is 1. The molecule has 2 amide bonds. The minimum atomic E-state index is -0.735.